The summed E-state index contributed by atoms with van der Waals surface area (Å²) >= 11 is 5.81. The molecule has 2 aliphatic heterocycles. The van der Waals surface area contributed by atoms with E-state index in [1.165, 1.54) is 5.56 Å². The van der Waals surface area contributed by atoms with Crippen molar-refractivity contribution >= 4 is 23.3 Å². The van der Waals surface area contributed by atoms with Crippen molar-refractivity contribution < 1.29 is 14.3 Å². The lowest BCUT2D eigenvalue weighted by atomic mass is 9.95. The predicted octanol–water partition coefficient (Wildman–Crippen LogP) is 3.38. The van der Waals surface area contributed by atoms with E-state index >= 15 is 0 Å². The summed E-state index contributed by atoms with van der Waals surface area (Å²) in [6.07, 6.45) is 2.62. The van der Waals surface area contributed by atoms with E-state index in [9.17, 15) is 4.79 Å². The highest BCUT2D eigenvalue weighted by Crippen LogP contribution is 2.35. The molecule has 160 valence electrons. The third kappa shape index (κ3) is 4.61. The summed E-state index contributed by atoms with van der Waals surface area (Å²) < 4.78 is 11.7. The maximum absolute atomic E-state index is 12.8. The molecule has 0 aliphatic carbocycles. The van der Waals surface area contributed by atoms with Gasteiger partial charge in [0.15, 0.2) is 11.0 Å². The number of amides is 1. The topological polar surface area (TPSA) is 76.6 Å². The lowest BCUT2D eigenvalue weighted by Crippen LogP contribution is -2.40. The van der Waals surface area contributed by atoms with Crippen LogP contribution in [0.15, 0.2) is 24.3 Å². The number of benzene rings is 1. The molecule has 2 aromatic rings. The largest absolute Gasteiger partial charge is 0.494 e. The smallest absolute Gasteiger partial charge is 0.223 e. The molecule has 1 fully saturated rings. The Labute approximate surface area is 181 Å². The van der Waals surface area contributed by atoms with Gasteiger partial charge in [-0.1, -0.05) is 11.6 Å². The van der Waals surface area contributed by atoms with Gasteiger partial charge in [-0.25, -0.2) is 0 Å². The van der Waals surface area contributed by atoms with Gasteiger partial charge in [0.1, 0.15) is 17.6 Å². The fourth-order valence-electron chi connectivity index (χ4n) is 4.08. The van der Waals surface area contributed by atoms with Crippen LogP contribution in [0.2, 0.25) is 5.15 Å². The van der Waals surface area contributed by atoms with Crippen LogP contribution in [0.3, 0.4) is 0 Å². The molecular weight excluding hydrogens is 404 g/mol. The molecule has 0 spiro atoms. The zero-order valence-electron chi connectivity index (χ0n) is 17.4. The fourth-order valence-corrected chi connectivity index (χ4v) is 4.19. The van der Waals surface area contributed by atoms with Gasteiger partial charge in [0.2, 0.25) is 5.91 Å². The number of nitrogens with zero attached hydrogens (tertiary/aromatic N) is 3. The second-order valence-corrected chi connectivity index (χ2v) is 8.21. The van der Waals surface area contributed by atoms with E-state index in [2.05, 4.69) is 33.4 Å². The zero-order chi connectivity index (χ0) is 21.1. The number of rotatable bonds is 6. The molecule has 0 bridgehead atoms. The van der Waals surface area contributed by atoms with E-state index < -0.39 is 0 Å². The van der Waals surface area contributed by atoms with Gasteiger partial charge in [-0.05, 0) is 51.0 Å². The third-order valence-electron chi connectivity index (χ3n) is 5.64. The van der Waals surface area contributed by atoms with Crippen LogP contribution in [0.1, 0.15) is 37.8 Å². The summed E-state index contributed by atoms with van der Waals surface area (Å²) in [6.45, 7) is 6.58. The Morgan fingerprint density at radius 2 is 2.10 bits per heavy atom. The first-order valence-electron chi connectivity index (χ1n) is 10.5. The van der Waals surface area contributed by atoms with E-state index in [-0.39, 0.29) is 17.9 Å². The van der Waals surface area contributed by atoms with Crippen LogP contribution in [-0.4, -0.2) is 41.9 Å². The van der Waals surface area contributed by atoms with Gasteiger partial charge < -0.3 is 19.7 Å². The number of nitrogens with one attached hydrogen (secondary N) is 1. The lowest BCUT2D eigenvalue weighted by Gasteiger charge is -2.31. The molecule has 0 saturated carbocycles. The average Bonchev–Trinajstić information content (AvgIpc) is 3.11. The average molecular weight is 431 g/mol. The van der Waals surface area contributed by atoms with Gasteiger partial charge in [0, 0.05) is 43.1 Å². The van der Waals surface area contributed by atoms with E-state index in [4.69, 9.17) is 21.1 Å². The molecule has 3 heterocycles. The van der Waals surface area contributed by atoms with E-state index in [1.807, 2.05) is 19.1 Å². The van der Waals surface area contributed by atoms with Gasteiger partial charge in [0.25, 0.3) is 0 Å². The second kappa shape index (κ2) is 9.08. The highest BCUT2D eigenvalue weighted by Gasteiger charge is 2.26. The highest BCUT2D eigenvalue weighted by atomic mass is 35.5. The van der Waals surface area contributed by atoms with Crippen LogP contribution in [-0.2, 0) is 17.8 Å². The summed E-state index contributed by atoms with van der Waals surface area (Å²) in [5.74, 6) is 2.58. The Morgan fingerprint density at radius 1 is 1.30 bits per heavy atom. The number of hydrogen-bond acceptors (Lipinski definition) is 6. The van der Waals surface area contributed by atoms with Crippen LogP contribution >= 0.6 is 11.6 Å². The molecular formula is C22H27ClN4O3. The van der Waals surface area contributed by atoms with Crippen molar-refractivity contribution in [3.8, 4) is 11.5 Å². The summed E-state index contributed by atoms with van der Waals surface area (Å²) in [5.41, 5.74) is 2.12. The van der Waals surface area contributed by atoms with Crippen molar-refractivity contribution in [1.82, 2.24) is 15.5 Å². The molecule has 30 heavy (non-hydrogen) atoms. The fraction of sp³-hybridized carbons (Fsp3) is 0.500. The highest BCUT2D eigenvalue weighted by molar-refractivity contribution is 6.29. The Hall–Kier alpha value is -2.54. The summed E-state index contributed by atoms with van der Waals surface area (Å²) in [6, 6.07) is 7.66. The number of fused-ring (bicyclic) bond motifs is 1. The first-order valence-corrected chi connectivity index (χ1v) is 10.9. The number of halogens is 1. The van der Waals surface area contributed by atoms with Crippen molar-refractivity contribution in [3.63, 3.8) is 0 Å². The molecule has 1 atom stereocenters. The first kappa shape index (κ1) is 20.7. The Bertz CT molecular complexity index is 898. The van der Waals surface area contributed by atoms with Gasteiger partial charge >= 0.3 is 0 Å². The molecule has 4 rings (SSSR count). The maximum Gasteiger partial charge on any atom is 0.223 e. The van der Waals surface area contributed by atoms with Crippen LogP contribution in [0.5, 0.6) is 11.5 Å². The number of carbonyl (C=O) groups excluding carboxylic acids is 1. The van der Waals surface area contributed by atoms with Crippen LogP contribution in [0.25, 0.3) is 0 Å². The van der Waals surface area contributed by atoms with Crippen molar-refractivity contribution in [2.45, 2.75) is 45.8 Å². The van der Waals surface area contributed by atoms with E-state index in [1.54, 1.807) is 6.07 Å². The third-order valence-corrected chi connectivity index (χ3v) is 5.84. The first-order chi connectivity index (χ1) is 14.5. The Kier molecular flexibility index (Phi) is 6.27. The number of carbonyl (C=O) groups is 1. The number of ether oxygens (including phenoxy) is 2. The molecule has 1 amide bonds. The van der Waals surface area contributed by atoms with Crippen molar-refractivity contribution in [2.75, 3.05) is 24.6 Å². The van der Waals surface area contributed by atoms with Gasteiger partial charge in [-0.2, -0.15) is 0 Å². The summed E-state index contributed by atoms with van der Waals surface area (Å²) in [4.78, 5) is 14.9. The Balaban J connectivity index is 1.34. The SMILES string of the molecule is CCOc1cc2c(cc1CNC(=O)C1CCN(c3ccc(Cl)nn3)CC1)O[C@@H](C)C2. The van der Waals surface area contributed by atoms with E-state index in [0.29, 0.717) is 18.3 Å². The molecule has 0 unspecified atom stereocenters. The molecule has 1 saturated heterocycles. The van der Waals surface area contributed by atoms with Crippen LogP contribution < -0.4 is 19.7 Å². The van der Waals surface area contributed by atoms with Gasteiger partial charge in [0.05, 0.1) is 6.61 Å². The minimum Gasteiger partial charge on any atom is -0.494 e. The molecule has 1 N–H and O–H groups in total. The van der Waals surface area contributed by atoms with Crippen LogP contribution in [0.4, 0.5) is 5.82 Å². The number of hydrogen-bond donors (Lipinski definition) is 1. The number of aromatic nitrogens is 2. The van der Waals surface area contributed by atoms with E-state index in [0.717, 1.165) is 55.2 Å². The lowest BCUT2D eigenvalue weighted by molar-refractivity contribution is -0.125. The number of anilines is 1. The molecule has 8 heteroatoms. The maximum atomic E-state index is 12.8. The predicted molar refractivity (Wildman–Crippen MR) is 115 cm³/mol. The van der Waals surface area contributed by atoms with Gasteiger partial charge in [-0.15, -0.1) is 10.2 Å². The minimum atomic E-state index is -0.0113. The molecule has 1 aromatic heterocycles. The van der Waals surface area contributed by atoms with Gasteiger partial charge in [-0.3, -0.25) is 4.79 Å². The van der Waals surface area contributed by atoms with Crippen molar-refractivity contribution in [2.24, 2.45) is 5.92 Å². The van der Waals surface area contributed by atoms with Crippen LogP contribution in [0, 0.1) is 5.92 Å². The minimum absolute atomic E-state index is 0.0113. The normalized spacial score (nSPS) is 18.6. The Morgan fingerprint density at radius 3 is 2.80 bits per heavy atom. The van der Waals surface area contributed by atoms with Crippen molar-refractivity contribution in [3.05, 3.63) is 40.5 Å². The number of piperidine rings is 1. The van der Waals surface area contributed by atoms with Crippen molar-refractivity contribution in [1.29, 1.82) is 0 Å². The monoisotopic (exact) mass is 430 g/mol. The zero-order valence-corrected chi connectivity index (χ0v) is 18.1. The molecule has 1 aromatic carbocycles. The second-order valence-electron chi connectivity index (χ2n) is 7.83. The quantitative estimate of drug-likeness (QED) is 0.757. The molecule has 2 aliphatic rings. The standard InChI is InChI=1S/C22H27ClN4O3/c1-3-29-18-11-16-10-14(2)30-19(16)12-17(18)13-24-22(28)15-6-8-27(9-7-15)21-5-4-20(23)25-26-21/h4-5,11-12,14-15H,3,6-10,13H2,1-2H3,(H,24,28)/t14-/m0/s1. The summed E-state index contributed by atoms with van der Waals surface area (Å²) in [5, 5.41) is 11.5. The molecule has 0 radical (unpaired) electrons. The summed E-state index contributed by atoms with van der Waals surface area (Å²) in [7, 11) is 0. The molecule has 7 nitrogen and oxygen atoms in total.